The maximum absolute atomic E-state index is 13.2. The van der Waals surface area contributed by atoms with Crippen LogP contribution in [0.1, 0.15) is 18.1 Å². The molecule has 0 aliphatic carbocycles. The molecule has 0 unspecified atom stereocenters. The van der Waals surface area contributed by atoms with Gasteiger partial charge < -0.3 is 9.64 Å². The lowest BCUT2D eigenvalue weighted by Gasteiger charge is -2.36. The van der Waals surface area contributed by atoms with Crippen molar-refractivity contribution in [2.75, 3.05) is 37.7 Å². The van der Waals surface area contributed by atoms with Gasteiger partial charge in [-0.1, -0.05) is 23.2 Å². The number of anilines is 1. The van der Waals surface area contributed by atoms with Crippen molar-refractivity contribution < 1.29 is 13.2 Å². The molecule has 28 heavy (non-hydrogen) atoms. The van der Waals surface area contributed by atoms with Gasteiger partial charge in [0.1, 0.15) is 5.75 Å². The minimum Gasteiger partial charge on any atom is -0.494 e. The van der Waals surface area contributed by atoms with Gasteiger partial charge in [-0.15, -0.1) is 0 Å². The van der Waals surface area contributed by atoms with E-state index in [1.807, 2.05) is 19.9 Å². The number of rotatable bonds is 5. The van der Waals surface area contributed by atoms with Crippen LogP contribution < -0.4 is 9.64 Å². The standard InChI is InChI=1S/C20H24Cl2N2O3S/c1-4-27-19-11-15(3)20(12-14(19)2)28(25,26)24-9-7-23(8-10-24)18-13-16(21)5-6-17(18)22/h5-6,11-13H,4,7-10H2,1-3H3. The normalized spacial score (nSPS) is 15.7. The molecular formula is C20H24Cl2N2O3S. The highest BCUT2D eigenvalue weighted by Gasteiger charge is 2.30. The van der Waals surface area contributed by atoms with Crippen molar-refractivity contribution in [3.05, 3.63) is 51.5 Å². The van der Waals surface area contributed by atoms with Gasteiger partial charge in [0.2, 0.25) is 10.0 Å². The maximum Gasteiger partial charge on any atom is 0.243 e. The lowest BCUT2D eigenvalue weighted by Crippen LogP contribution is -2.48. The van der Waals surface area contributed by atoms with Crippen molar-refractivity contribution >= 4 is 38.9 Å². The zero-order valence-electron chi connectivity index (χ0n) is 16.2. The van der Waals surface area contributed by atoms with E-state index in [1.165, 1.54) is 4.31 Å². The van der Waals surface area contributed by atoms with E-state index in [-0.39, 0.29) is 0 Å². The molecule has 1 aliphatic rings. The van der Waals surface area contributed by atoms with Crippen LogP contribution in [0.3, 0.4) is 0 Å². The number of sulfonamides is 1. The van der Waals surface area contributed by atoms with E-state index < -0.39 is 10.0 Å². The van der Waals surface area contributed by atoms with Crippen LogP contribution in [0.2, 0.25) is 10.0 Å². The first kappa shape index (κ1) is 21.2. The molecule has 1 aliphatic heterocycles. The predicted molar refractivity (Wildman–Crippen MR) is 115 cm³/mol. The summed E-state index contributed by atoms with van der Waals surface area (Å²) in [5, 5.41) is 1.22. The molecular weight excluding hydrogens is 419 g/mol. The molecule has 0 N–H and O–H groups in total. The average molecular weight is 443 g/mol. The second-order valence-corrected chi connectivity index (χ2v) is 9.55. The number of hydrogen-bond acceptors (Lipinski definition) is 4. The third kappa shape index (κ3) is 4.25. The Morgan fingerprint density at radius 3 is 2.32 bits per heavy atom. The number of halogens is 2. The number of hydrogen-bond donors (Lipinski definition) is 0. The maximum atomic E-state index is 13.2. The van der Waals surface area contributed by atoms with Crippen molar-refractivity contribution in [2.24, 2.45) is 0 Å². The van der Waals surface area contributed by atoms with Crippen LogP contribution in [0.25, 0.3) is 0 Å². The molecule has 152 valence electrons. The molecule has 1 heterocycles. The Balaban J connectivity index is 1.80. The van der Waals surface area contributed by atoms with E-state index in [1.54, 1.807) is 31.2 Å². The zero-order valence-corrected chi connectivity index (χ0v) is 18.5. The summed E-state index contributed by atoms with van der Waals surface area (Å²) < 4.78 is 33.5. The first-order chi connectivity index (χ1) is 13.2. The Labute approximate surface area is 176 Å². The summed E-state index contributed by atoms with van der Waals surface area (Å²) in [7, 11) is -3.58. The topological polar surface area (TPSA) is 49.9 Å². The fourth-order valence-corrected chi connectivity index (χ4v) is 5.51. The van der Waals surface area contributed by atoms with Crippen LogP contribution in [-0.4, -0.2) is 45.5 Å². The quantitative estimate of drug-likeness (QED) is 0.682. The molecule has 1 fully saturated rings. The Morgan fingerprint density at radius 2 is 1.68 bits per heavy atom. The smallest absolute Gasteiger partial charge is 0.243 e. The Bertz CT molecular complexity index is 972. The van der Waals surface area contributed by atoms with Gasteiger partial charge in [0.05, 0.1) is 22.2 Å². The van der Waals surface area contributed by atoms with Crippen LogP contribution in [-0.2, 0) is 10.0 Å². The fraction of sp³-hybridized carbons (Fsp3) is 0.400. The molecule has 0 bridgehead atoms. The highest BCUT2D eigenvalue weighted by Crippen LogP contribution is 2.32. The van der Waals surface area contributed by atoms with E-state index in [9.17, 15) is 8.42 Å². The largest absolute Gasteiger partial charge is 0.494 e. The predicted octanol–water partition coefficient (Wildman–Crippen LogP) is 4.52. The molecule has 0 spiro atoms. The van der Waals surface area contributed by atoms with Crippen molar-refractivity contribution in [1.82, 2.24) is 4.31 Å². The molecule has 2 aromatic carbocycles. The van der Waals surface area contributed by atoms with Gasteiger partial charge in [0.25, 0.3) is 0 Å². The van der Waals surface area contributed by atoms with E-state index in [0.29, 0.717) is 53.3 Å². The average Bonchev–Trinajstić information content (AvgIpc) is 2.66. The van der Waals surface area contributed by atoms with Gasteiger partial charge in [-0.25, -0.2) is 8.42 Å². The van der Waals surface area contributed by atoms with Crippen LogP contribution in [0.15, 0.2) is 35.2 Å². The highest BCUT2D eigenvalue weighted by molar-refractivity contribution is 7.89. The number of piperazine rings is 1. The van der Waals surface area contributed by atoms with Gasteiger partial charge in [-0.3, -0.25) is 0 Å². The molecule has 5 nitrogen and oxygen atoms in total. The van der Waals surface area contributed by atoms with E-state index in [0.717, 1.165) is 17.0 Å². The molecule has 0 atom stereocenters. The molecule has 0 amide bonds. The van der Waals surface area contributed by atoms with E-state index in [2.05, 4.69) is 4.90 Å². The van der Waals surface area contributed by atoms with E-state index >= 15 is 0 Å². The lowest BCUT2D eigenvalue weighted by molar-refractivity contribution is 0.337. The number of benzene rings is 2. The van der Waals surface area contributed by atoms with Crippen LogP contribution in [0, 0.1) is 13.8 Å². The Hall–Kier alpha value is -1.47. The van der Waals surface area contributed by atoms with Gasteiger partial charge in [0.15, 0.2) is 0 Å². The van der Waals surface area contributed by atoms with Crippen molar-refractivity contribution in [3.8, 4) is 5.75 Å². The number of ether oxygens (including phenoxy) is 1. The SMILES string of the molecule is CCOc1cc(C)c(S(=O)(=O)N2CCN(c3cc(Cl)ccc3Cl)CC2)cc1C. The summed E-state index contributed by atoms with van der Waals surface area (Å²) in [4.78, 5) is 2.40. The van der Waals surface area contributed by atoms with Gasteiger partial charge in [-0.2, -0.15) is 4.31 Å². The highest BCUT2D eigenvalue weighted by atomic mass is 35.5. The van der Waals surface area contributed by atoms with Crippen molar-refractivity contribution in [2.45, 2.75) is 25.7 Å². The monoisotopic (exact) mass is 442 g/mol. The lowest BCUT2D eigenvalue weighted by atomic mass is 10.1. The number of aryl methyl sites for hydroxylation is 2. The van der Waals surface area contributed by atoms with Crippen LogP contribution in [0.4, 0.5) is 5.69 Å². The molecule has 2 aromatic rings. The van der Waals surface area contributed by atoms with Crippen LogP contribution in [0.5, 0.6) is 5.75 Å². The molecule has 8 heteroatoms. The Morgan fingerprint density at radius 1 is 1.00 bits per heavy atom. The summed E-state index contributed by atoms with van der Waals surface area (Å²) >= 11 is 12.4. The molecule has 0 aromatic heterocycles. The molecule has 1 saturated heterocycles. The molecule has 3 rings (SSSR count). The first-order valence-electron chi connectivity index (χ1n) is 9.18. The second kappa shape index (κ2) is 8.49. The molecule has 0 saturated carbocycles. The van der Waals surface area contributed by atoms with Gasteiger partial charge in [-0.05, 0) is 62.2 Å². The summed E-state index contributed by atoms with van der Waals surface area (Å²) in [6, 6.07) is 8.82. The first-order valence-corrected chi connectivity index (χ1v) is 11.4. The number of nitrogens with zero attached hydrogens (tertiary/aromatic N) is 2. The van der Waals surface area contributed by atoms with Gasteiger partial charge >= 0.3 is 0 Å². The van der Waals surface area contributed by atoms with Crippen molar-refractivity contribution in [3.63, 3.8) is 0 Å². The molecule has 0 radical (unpaired) electrons. The minimum absolute atomic E-state index is 0.336. The van der Waals surface area contributed by atoms with Crippen molar-refractivity contribution in [1.29, 1.82) is 0 Å². The summed E-state index contributed by atoms with van der Waals surface area (Å²) in [5.41, 5.74) is 2.34. The summed E-state index contributed by atoms with van der Waals surface area (Å²) in [6.07, 6.45) is 0. The Kier molecular flexibility index (Phi) is 6.44. The van der Waals surface area contributed by atoms with Crippen LogP contribution >= 0.6 is 23.2 Å². The summed E-state index contributed by atoms with van der Waals surface area (Å²) in [5.74, 6) is 0.722. The van der Waals surface area contributed by atoms with E-state index in [4.69, 9.17) is 27.9 Å². The zero-order chi connectivity index (χ0) is 20.5. The third-order valence-electron chi connectivity index (χ3n) is 4.88. The second-order valence-electron chi connectivity index (χ2n) is 6.80. The summed E-state index contributed by atoms with van der Waals surface area (Å²) in [6.45, 7) is 7.99. The third-order valence-corrected chi connectivity index (χ3v) is 7.47. The fourth-order valence-electron chi connectivity index (χ4n) is 3.39. The minimum atomic E-state index is -3.58. The van der Waals surface area contributed by atoms with Gasteiger partial charge in [0, 0.05) is 31.2 Å².